The van der Waals surface area contributed by atoms with Gasteiger partial charge in [-0.15, -0.1) is 0 Å². The van der Waals surface area contributed by atoms with Gasteiger partial charge in [0.05, 0.1) is 26.7 Å². The Bertz CT molecular complexity index is 858. The summed E-state index contributed by atoms with van der Waals surface area (Å²) in [7, 11) is 3.28. The lowest BCUT2D eigenvalue weighted by Crippen LogP contribution is -2.26. The number of hydrogen-bond donors (Lipinski definition) is 1. The van der Waals surface area contributed by atoms with Crippen LogP contribution in [0.25, 0.3) is 0 Å². The monoisotopic (exact) mass is 364 g/mol. The van der Waals surface area contributed by atoms with Crippen LogP contribution in [0, 0.1) is 0 Å². The van der Waals surface area contributed by atoms with Crippen molar-refractivity contribution in [2.24, 2.45) is 0 Å². The maximum absolute atomic E-state index is 12.6. The van der Waals surface area contributed by atoms with Crippen LogP contribution in [0.2, 0.25) is 0 Å². The summed E-state index contributed by atoms with van der Waals surface area (Å²) in [6, 6.07) is 19.3. The highest BCUT2D eigenvalue weighted by atomic mass is 16.5. The fourth-order valence-electron chi connectivity index (χ4n) is 2.99. The number of ether oxygens (including phenoxy) is 2. The molecule has 5 nitrogen and oxygen atoms in total. The Kier molecular flexibility index (Phi) is 6.15. The first-order chi connectivity index (χ1) is 13.2. The molecule has 0 radical (unpaired) electrons. The van der Waals surface area contributed by atoms with Gasteiger partial charge in [0.2, 0.25) is 5.91 Å². The van der Waals surface area contributed by atoms with Crippen molar-refractivity contribution in [1.82, 2.24) is 9.88 Å². The zero-order chi connectivity index (χ0) is 19.1. The van der Waals surface area contributed by atoms with Crippen LogP contribution < -0.4 is 14.8 Å². The second-order valence-corrected chi connectivity index (χ2v) is 6.25. The van der Waals surface area contributed by atoms with Crippen molar-refractivity contribution in [3.05, 3.63) is 84.2 Å². The molecule has 1 atom stereocenters. The van der Waals surface area contributed by atoms with E-state index >= 15 is 0 Å². The number of nitrogens with zero attached hydrogens (tertiary/aromatic N) is 1. The number of aromatic nitrogens is 1. The lowest BCUT2D eigenvalue weighted by atomic mass is 10.0. The van der Waals surface area contributed by atoms with Crippen molar-refractivity contribution in [2.75, 3.05) is 14.2 Å². The zero-order valence-corrected chi connectivity index (χ0v) is 15.6. The van der Waals surface area contributed by atoms with E-state index in [-0.39, 0.29) is 11.9 Å². The molecule has 1 heterocycles. The third kappa shape index (κ3) is 4.91. The SMILES string of the molecule is COc1ccc(CNC(=O)C[C@H](c2cccc(OC)c2)n2cccc2)cc1. The molecular weight excluding hydrogens is 340 g/mol. The Balaban J connectivity index is 1.69. The topological polar surface area (TPSA) is 52.5 Å². The van der Waals surface area contributed by atoms with E-state index in [1.54, 1.807) is 14.2 Å². The van der Waals surface area contributed by atoms with Crippen molar-refractivity contribution >= 4 is 5.91 Å². The summed E-state index contributed by atoms with van der Waals surface area (Å²) in [5.41, 5.74) is 2.06. The quantitative estimate of drug-likeness (QED) is 0.661. The molecule has 27 heavy (non-hydrogen) atoms. The summed E-state index contributed by atoms with van der Waals surface area (Å²) in [5, 5.41) is 3.00. The second-order valence-electron chi connectivity index (χ2n) is 6.25. The molecule has 0 fully saturated rings. The Morgan fingerprint density at radius 3 is 2.33 bits per heavy atom. The molecule has 0 aliphatic carbocycles. The molecule has 0 saturated carbocycles. The average molecular weight is 364 g/mol. The van der Waals surface area contributed by atoms with E-state index in [0.29, 0.717) is 13.0 Å². The summed E-state index contributed by atoms with van der Waals surface area (Å²) >= 11 is 0. The van der Waals surface area contributed by atoms with Crippen LogP contribution in [0.1, 0.15) is 23.6 Å². The minimum atomic E-state index is -0.0917. The van der Waals surface area contributed by atoms with Gasteiger partial charge in [0.1, 0.15) is 11.5 Å². The highest BCUT2D eigenvalue weighted by molar-refractivity contribution is 5.77. The molecule has 0 unspecified atom stereocenters. The van der Waals surface area contributed by atoms with Crippen molar-refractivity contribution in [2.45, 2.75) is 19.0 Å². The summed E-state index contributed by atoms with van der Waals surface area (Å²) < 4.78 is 12.5. The Hall–Kier alpha value is -3.21. The van der Waals surface area contributed by atoms with Gasteiger partial charge in [-0.3, -0.25) is 4.79 Å². The summed E-state index contributed by atoms with van der Waals surface area (Å²) in [6.45, 7) is 0.485. The van der Waals surface area contributed by atoms with E-state index in [1.807, 2.05) is 77.6 Å². The first-order valence-electron chi connectivity index (χ1n) is 8.85. The van der Waals surface area contributed by atoms with E-state index in [1.165, 1.54) is 0 Å². The molecule has 1 N–H and O–H groups in total. The molecule has 0 bridgehead atoms. The summed E-state index contributed by atoms with van der Waals surface area (Å²) in [5.74, 6) is 1.58. The number of hydrogen-bond acceptors (Lipinski definition) is 3. The number of benzene rings is 2. The van der Waals surface area contributed by atoms with Gasteiger partial charge in [-0.2, -0.15) is 0 Å². The predicted octanol–water partition coefficient (Wildman–Crippen LogP) is 3.80. The van der Waals surface area contributed by atoms with E-state index in [2.05, 4.69) is 5.32 Å². The highest BCUT2D eigenvalue weighted by Gasteiger charge is 2.18. The molecule has 0 aliphatic rings. The molecule has 140 valence electrons. The maximum Gasteiger partial charge on any atom is 0.222 e. The first kappa shape index (κ1) is 18.6. The van der Waals surface area contributed by atoms with Gasteiger partial charge in [0, 0.05) is 18.9 Å². The molecule has 0 spiro atoms. The predicted molar refractivity (Wildman–Crippen MR) is 105 cm³/mol. The molecule has 1 amide bonds. The van der Waals surface area contributed by atoms with Crippen molar-refractivity contribution < 1.29 is 14.3 Å². The highest BCUT2D eigenvalue weighted by Crippen LogP contribution is 2.25. The van der Waals surface area contributed by atoms with Crippen LogP contribution >= 0.6 is 0 Å². The van der Waals surface area contributed by atoms with E-state index in [9.17, 15) is 4.79 Å². The molecule has 1 aromatic heterocycles. The molecule has 0 saturated heterocycles. The number of nitrogens with one attached hydrogen (secondary N) is 1. The summed E-state index contributed by atoms with van der Waals surface area (Å²) in [4.78, 5) is 12.6. The van der Waals surface area contributed by atoms with Crippen LogP contribution in [0.4, 0.5) is 0 Å². The van der Waals surface area contributed by atoms with Crippen LogP contribution in [-0.2, 0) is 11.3 Å². The molecule has 0 aliphatic heterocycles. The van der Waals surface area contributed by atoms with Crippen molar-refractivity contribution in [1.29, 1.82) is 0 Å². The Morgan fingerprint density at radius 2 is 1.67 bits per heavy atom. The number of rotatable bonds is 8. The number of methoxy groups -OCH3 is 2. The molecule has 5 heteroatoms. The van der Waals surface area contributed by atoms with Crippen LogP contribution in [0.3, 0.4) is 0 Å². The molecular formula is C22H24N2O3. The lowest BCUT2D eigenvalue weighted by Gasteiger charge is -2.20. The minimum absolute atomic E-state index is 0.00709. The lowest BCUT2D eigenvalue weighted by molar-refractivity contribution is -0.121. The second kappa shape index (κ2) is 8.94. The zero-order valence-electron chi connectivity index (χ0n) is 15.6. The van der Waals surface area contributed by atoms with E-state index in [4.69, 9.17) is 9.47 Å². The van der Waals surface area contributed by atoms with E-state index in [0.717, 1.165) is 22.6 Å². The van der Waals surface area contributed by atoms with E-state index < -0.39 is 0 Å². The Morgan fingerprint density at radius 1 is 0.963 bits per heavy atom. The smallest absolute Gasteiger partial charge is 0.222 e. The first-order valence-corrected chi connectivity index (χ1v) is 8.85. The van der Waals surface area contributed by atoms with Crippen LogP contribution in [-0.4, -0.2) is 24.7 Å². The van der Waals surface area contributed by atoms with Gasteiger partial charge < -0.3 is 19.4 Å². The van der Waals surface area contributed by atoms with Gasteiger partial charge in [-0.1, -0.05) is 24.3 Å². The van der Waals surface area contributed by atoms with Crippen molar-refractivity contribution in [3.8, 4) is 11.5 Å². The van der Waals surface area contributed by atoms with Crippen LogP contribution in [0.15, 0.2) is 73.1 Å². The summed E-state index contributed by atoms with van der Waals surface area (Å²) in [6.07, 6.45) is 4.29. The largest absolute Gasteiger partial charge is 0.497 e. The van der Waals surface area contributed by atoms with Crippen LogP contribution in [0.5, 0.6) is 11.5 Å². The fraction of sp³-hybridized carbons (Fsp3) is 0.227. The average Bonchev–Trinajstić information content (AvgIpc) is 3.25. The number of amides is 1. The van der Waals surface area contributed by atoms with Gasteiger partial charge in [-0.05, 0) is 47.5 Å². The number of carbonyl (C=O) groups excluding carboxylic acids is 1. The third-order valence-electron chi connectivity index (χ3n) is 4.49. The molecule has 3 rings (SSSR count). The third-order valence-corrected chi connectivity index (χ3v) is 4.49. The molecule has 2 aromatic carbocycles. The normalized spacial score (nSPS) is 11.6. The fourth-order valence-corrected chi connectivity index (χ4v) is 2.99. The van der Waals surface area contributed by atoms with Gasteiger partial charge in [-0.25, -0.2) is 0 Å². The van der Waals surface area contributed by atoms with Gasteiger partial charge in [0.15, 0.2) is 0 Å². The maximum atomic E-state index is 12.6. The standard InChI is InChI=1S/C22H24N2O3/c1-26-19-10-8-17(9-11-19)16-23-22(25)15-21(24-12-3-4-13-24)18-6-5-7-20(14-18)27-2/h3-14,21H,15-16H2,1-2H3,(H,23,25)/t21-/m1/s1. The van der Waals surface area contributed by atoms with Gasteiger partial charge >= 0.3 is 0 Å². The van der Waals surface area contributed by atoms with Gasteiger partial charge in [0.25, 0.3) is 0 Å². The van der Waals surface area contributed by atoms with Crippen molar-refractivity contribution in [3.63, 3.8) is 0 Å². The minimum Gasteiger partial charge on any atom is -0.497 e. The Labute approximate surface area is 159 Å². The number of carbonyl (C=O) groups is 1. The molecule has 3 aromatic rings.